The molecule has 0 radical (unpaired) electrons. The van der Waals surface area contributed by atoms with Crippen LogP contribution in [0, 0.1) is 0 Å². The van der Waals surface area contributed by atoms with Gasteiger partial charge >= 0.3 is 5.97 Å². The first-order valence-corrected chi connectivity index (χ1v) is 10.9. The maximum absolute atomic E-state index is 13.0. The van der Waals surface area contributed by atoms with E-state index in [1.54, 1.807) is 0 Å². The summed E-state index contributed by atoms with van der Waals surface area (Å²) in [5, 5.41) is 2.77. The summed E-state index contributed by atoms with van der Waals surface area (Å²) in [6, 6.07) is 4.15. The molecule has 1 aromatic rings. The van der Waals surface area contributed by atoms with Crippen LogP contribution in [-0.4, -0.2) is 70.7 Å². The number of esters is 1. The fraction of sp³-hybridized carbons (Fsp3) is 0.579. The zero-order chi connectivity index (χ0) is 21.1. The summed E-state index contributed by atoms with van der Waals surface area (Å²) in [6.07, 6.45) is 2.52. The Kier molecular flexibility index (Phi) is 6.45. The van der Waals surface area contributed by atoms with E-state index in [1.165, 1.54) is 36.7 Å². The van der Waals surface area contributed by atoms with Crippen LogP contribution in [0.15, 0.2) is 23.1 Å². The van der Waals surface area contributed by atoms with Crippen molar-refractivity contribution < 1.29 is 32.2 Å². The number of nitrogens with one attached hydrogen (secondary N) is 1. The molecule has 160 valence electrons. The molecule has 0 atom stereocenters. The lowest BCUT2D eigenvalue weighted by atomic mass is 9.97. The van der Waals surface area contributed by atoms with Gasteiger partial charge in [0, 0.05) is 13.1 Å². The lowest BCUT2D eigenvalue weighted by Gasteiger charge is -2.28. The molecule has 1 aliphatic carbocycles. The van der Waals surface area contributed by atoms with Gasteiger partial charge in [0.05, 0.1) is 37.9 Å². The number of amides is 1. The minimum atomic E-state index is -3.78. The maximum Gasteiger partial charge on any atom is 0.331 e. The molecule has 10 heteroatoms. The predicted octanol–water partition coefficient (Wildman–Crippen LogP) is 0.932. The Morgan fingerprint density at radius 3 is 2.38 bits per heavy atom. The largest absolute Gasteiger partial charge is 0.496 e. The van der Waals surface area contributed by atoms with Gasteiger partial charge in [-0.25, -0.2) is 13.2 Å². The second-order valence-electron chi connectivity index (χ2n) is 7.11. The smallest absolute Gasteiger partial charge is 0.331 e. The number of rotatable bonds is 6. The molecule has 1 aromatic carbocycles. The number of ether oxygens (including phenoxy) is 3. The van der Waals surface area contributed by atoms with Crippen molar-refractivity contribution >= 4 is 21.9 Å². The average Bonchev–Trinajstić information content (AvgIpc) is 3.22. The summed E-state index contributed by atoms with van der Waals surface area (Å²) >= 11 is 0. The van der Waals surface area contributed by atoms with E-state index >= 15 is 0 Å². The second kappa shape index (κ2) is 8.68. The number of nitrogens with zero attached hydrogens (tertiary/aromatic N) is 1. The van der Waals surface area contributed by atoms with Crippen molar-refractivity contribution in [3.05, 3.63) is 23.8 Å². The average molecular weight is 426 g/mol. The topological polar surface area (TPSA) is 111 Å². The zero-order valence-electron chi connectivity index (χ0n) is 16.6. The van der Waals surface area contributed by atoms with Gasteiger partial charge in [-0.3, -0.25) is 4.79 Å². The fourth-order valence-electron chi connectivity index (χ4n) is 3.80. The molecular weight excluding hydrogens is 400 g/mol. The minimum Gasteiger partial charge on any atom is -0.496 e. The van der Waals surface area contributed by atoms with Gasteiger partial charge in [0.25, 0.3) is 5.91 Å². The van der Waals surface area contributed by atoms with Crippen molar-refractivity contribution in [3.63, 3.8) is 0 Å². The van der Waals surface area contributed by atoms with Crippen molar-refractivity contribution in [2.75, 3.05) is 40.5 Å². The summed E-state index contributed by atoms with van der Waals surface area (Å²) < 4.78 is 42.6. The number of hydrogen-bond acceptors (Lipinski definition) is 7. The lowest BCUT2D eigenvalue weighted by molar-refractivity contribution is -0.148. The predicted molar refractivity (Wildman–Crippen MR) is 103 cm³/mol. The molecule has 29 heavy (non-hydrogen) atoms. The molecule has 0 spiro atoms. The molecule has 9 nitrogen and oxygen atoms in total. The Morgan fingerprint density at radius 2 is 1.79 bits per heavy atom. The summed E-state index contributed by atoms with van der Waals surface area (Å²) in [7, 11) is -1.10. The molecule has 1 saturated carbocycles. The van der Waals surface area contributed by atoms with Crippen molar-refractivity contribution in [1.29, 1.82) is 0 Å². The highest BCUT2D eigenvalue weighted by Crippen LogP contribution is 2.32. The zero-order valence-corrected chi connectivity index (χ0v) is 17.4. The Hall–Kier alpha value is -2.17. The summed E-state index contributed by atoms with van der Waals surface area (Å²) in [5.41, 5.74) is -1.05. The molecule has 1 saturated heterocycles. The van der Waals surface area contributed by atoms with Crippen molar-refractivity contribution in [2.45, 2.75) is 36.1 Å². The van der Waals surface area contributed by atoms with Gasteiger partial charge in [-0.1, -0.05) is 12.8 Å². The van der Waals surface area contributed by atoms with Gasteiger partial charge in [-0.15, -0.1) is 0 Å². The first-order chi connectivity index (χ1) is 13.8. The van der Waals surface area contributed by atoms with Crippen LogP contribution in [0.4, 0.5) is 0 Å². The highest BCUT2D eigenvalue weighted by atomic mass is 32.2. The Labute approximate surface area is 170 Å². The number of morpholine rings is 1. The van der Waals surface area contributed by atoms with Gasteiger partial charge in [0.1, 0.15) is 11.3 Å². The number of sulfonamides is 1. The fourth-order valence-corrected chi connectivity index (χ4v) is 5.23. The first kappa shape index (κ1) is 21.5. The highest BCUT2D eigenvalue weighted by Gasteiger charge is 2.44. The van der Waals surface area contributed by atoms with E-state index in [0.29, 0.717) is 26.1 Å². The normalized spacial score (nSPS) is 19.5. The van der Waals surface area contributed by atoms with E-state index < -0.39 is 27.4 Å². The first-order valence-electron chi connectivity index (χ1n) is 9.51. The van der Waals surface area contributed by atoms with Gasteiger partial charge < -0.3 is 19.5 Å². The number of benzene rings is 1. The van der Waals surface area contributed by atoms with Crippen LogP contribution in [0.3, 0.4) is 0 Å². The van der Waals surface area contributed by atoms with Crippen molar-refractivity contribution in [2.24, 2.45) is 0 Å². The second-order valence-corrected chi connectivity index (χ2v) is 9.05. The summed E-state index contributed by atoms with van der Waals surface area (Å²) in [5.74, 6) is -0.853. The van der Waals surface area contributed by atoms with Crippen LogP contribution in [0.1, 0.15) is 36.0 Å². The maximum atomic E-state index is 13.0. The monoisotopic (exact) mass is 426 g/mol. The van der Waals surface area contributed by atoms with Crippen LogP contribution >= 0.6 is 0 Å². The van der Waals surface area contributed by atoms with Crippen LogP contribution in [-0.2, 0) is 24.3 Å². The molecule has 1 heterocycles. The van der Waals surface area contributed by atoms with E-state index in [2.05, 4.69) is 5.32 Å². The van der Waals surface area contributed by atoms with Gasteiger partial charge in [0.15, 0.2) is 0 Å². The molecule has 1 N–H and O–H groups in total. The van der Waals surface area contributed by atoms with E-state index in [9.17, 15) is 18.0 Å². The number of carbonyl (C=O) groups is 2. The molecule has 0 unspecified atom stereocenters. The van der Waals surface area contributed by atoms with E-state index in [0.717, 1.165) is 12.8 Å². The molecular formula is C19H26N2O7S. The van der Waals surface area contributed by atoms with Crippen molar-refractivity contribution in [1.82, 2.24) is 9.62 Å². The Balaban J connectivity index is 1.92. The van der Waals surface area contributed by atoms with E-state index in [-0.39, 0.29) is 29.3 Å². The van der Waals surface area contributed by atoms with E-state index in [4.69, 9.17) is 14.2 Å². The quantitative estimate of drug-likeness (QED) is 0.674. The molecule has 0 aromatic heterocycles. The molecule has 2 fully saturated rings. The number of hydrogen-bond donors (Lipinski definition) is 1. The standard InChI is InChI=1S/C19H26N2O7S/c1-26-16-6-5-14(29(24,25)21-9-11-28-12-10-21)13-15(16)17(22)20-19(18(23)27-2)7-3-4-8-19/h5-6,13H,3-4,7-12H2,1-2H3,(H,20,22). The van der Waals surface area contributed by atoms with Crippen LogP contribution in [0.2, 0.25) is 0 Å². The number of methoxy groups -OCH3 is 2. The summed E-state index contributed by atoms with van der Waals surface area (Å²) in [4.78, 5) is 25.3. The molecule has 1 aliphatic heterocycles. The third-order valence-electron chi connectivity index (χ3n) is 5.41. The highest BCUT2D eigenvalue weighted by molar-refractivity contribution is 7.89. The Bertz CT molecular complexity index is 873. The minimum absolute atomic E-state index is 0.0103. The van der Waals surface area contributed by atoms with Crippen molar-refractivity contribution in [3.8, 4) is 5.75 Å². The Morgan fingerprint density at radius 1 is 1.14 bits per heavy atom. The summed E-state index contributed by atoms with van der Waals surface area (Å²) in [6.45, 7) is 1.15. The van der Waals surface area contributed by atoms with Gasteiger partial charge in [-0.2, -0.15) is 4.31 Å². The van der Waals surface area contributed by atoms with Crippen LogP contribution < -0.4 is 10.1 Å². The number of carbonyl (C=O) groups excluding carboxylic acids is 2. The molecule has 2 aliphatic rings. The third-order valence-corrected chi connectivity index (χ3v) is 7.30. The van der Waals surface area contributed by atoms with Crippen LogP contribution in [0.5, 0.6) is 5.75 Å². The van der Waals surface area contributed by atoms with Crippen LogP contribution in [0.25, 0.3) is 0 Å². The molecule has 3 rings (SSSR count). The molecule has 0 bridgehead atoms. The molecule has 1 amide bonds. The third kappa shape index (κ3) is 4.24. The SMILES string of the molecule is COC(=O)C1(NC(=O)c2cc(S(=O)(=O)N3CCOCC3)ccc2OC)CCCC1. The lowest BCUT2D eigenvalue weighted by Crippen LogP contribution is -2.53. The van der Waals surface area contributed by atoms with E-state index in [1.807, 2.05) is 0 Å². The van der Waals surface area contributed by atoms with Gasteiger partial charge in [-0.05, 0) is 31.0 Å². The van der Waals surface area contributed by atoms with Gasteiger partial charge in [0.2, 0.25) is 10.0 Å².